The molecule has 0 aromatic heterocycles. The Bertz CT molecular complexity index is 400. The van der Waals surface area contributed by atoms with Gasteiger partial charge in [-0.05, 0) is 12.1 Å². The lowest BCUT2D eigenvalue weighted by Crippen LogP contribution is -2.39. The summed E-state index contributed by atoms with van der Waals surface area (Å²) in [6.07, 6.45) is 0. The summed E-state index contributed by atoms with van der Waals surface area (Å²) in [6.45, 7) is 0.245. The van der Waals surface area contributed by atoms with Crippen LogP contribution in [0.15, 0.2) is 18.2 Å². The van der Waals surface area contributed by atoms with Gasteiger partial charge in [0, 0.05) is 19.1 Å². The van der Waals surface area contributed by atoms with Crippen LogP contribution in [-0.4, -0.2) is 36.7 Å². The van der Waals surface area contributed by atoms with E-state index in [1.807, 2.05) is 0 Å². The molecule has 1 atom stereocenters. The number of phenolic OH excluding ortho intramolecular Hbond substituents is 1. The number of aromatic hydroxyl groups is 1. The van der Waals surface area contributed by atoms with Gasteiger partial charge in [-0.2, -0.15) is 0 Å². The van der Waals surface area contributed by atoms with Gasteiger partial charge in [0.15, 0.2) is 0 Å². The highest BCUT2D eigenvalue weighted by Crippen LogP contribution is 2.15. The van der Waals surface area contributed by atoms with Gasteiger partial charge in [-0.3, -0.25) is 4.79 Å². The molecule has 1 rings (SSSR count). The van der Waals surface area contributed by atoms with Crippen molar-refractivity contribution >= 4 is 17.5 Å². The number of hydrogen-bond acceptors (Lipinski definition) is 3. The lowest BCUT2D eigenvalue weighted by molar-refractivity contribution is 0.0903. The number of carbonyl (C=O) groups excluding carboxylic acids is 1. The first kappa shape index (κ1) is 13.7. The van der Waals surface area contributed by atoms with Crippen LogP contribution in [0, 0.1) is 5.82 Å². The number of alkyl halides is 1. The minimum absolute atomic E-state index is 0.144. The number of phenols is 1. The van der Waals surface area contributed by atoms with E-state index in [1.165, 1.54) is 19.2 Å². The summed E-state index contributed by atoms with van der Waals surface area (Å²) in [5.41, 5.74) is -0.144. The van der Waals surface area contributed by atoms with E-state index in [0.29, 0.717) is 0 Å². The third-order valence-corrected chi connectivity index (χ3v) is 2.46. The fourth-order valence-electron chi connectivity index (χ4n) is 1.28. The van der Waals surface area contributed by atoms with Gasteiger partial charge < -0.3 is 15.2 Å². The number of carbonyl (C=O) groups is 1. The van der Waals surface area contributed by atoms with E-state index in [1.54, 1.807) is 0 Å². The molecule has 1 aromatic rings. The monoisotopic (exact) mass is 261 g/mol. The Kier molecular flexibility index (Phi) is 5.18. The van der Waals surface area contributed by atoms with Crippen LogP contribution in [0.4, 0.5) is 4.39 Å². The van der Waals surface area contributed by atoms with E-state index < -0.39 is 11.7 Å². The van der Waals surface area contributed by atoms with Gasteiger partial charge in [0.25, 0.3) is 5.91 Å². The smallest absolute Gasteiger partial charge is 0.254 e. The van der Waals surface area contributed by atoms with E-state index in [0.717, 1.165) is 6.07 Å². The first-order chi connectivity index (χ1) is 8.08. The Morgan fingerprint density at radius 2 is 2.35 bits per heavy atom. The molecule has 94 valence electrons. The number of halogens is 2. The molecule has 1 unspecified atom stereocenters. The minimum Gasteiger partial charge on any atom is -0.508 e. The summed E-state index contributed by atoms with van der Waals surface area (Å²) in [6, 6.07) is 2.94. The van der Waals surface area contributed by atoms with Gasteiger partial charge in [0.05, 0.1) is 18.2 Å². The number of benzene rings is 1. The van der Waals surface area contributed by atoms with Crippen molar-refractivity contribution in [3.8, 4) is 5.75 Å². The lowest BCUT2D eigenvalue weighted by atomic mass is 10.2. The number of methoxy groups -OCH3 is 1. The van der Waals surface area contributed by atoms with Gasteiger partial charge in [0.1, 0.15) is 11.6 Å². The fourth-order valence-corrected chi connectivity index (χ4v) is 1.44. The van der Waals surface area contributed by atoms with Crippen LogP contribution in [-0.2, 0) is 4.74 Å². The summed E-state index contributed by atoms with van der Waals surface area (Å²) in [7, 11) is 1.48. The average Bonchev–Trinajstić information content (AvgIpc) is 2.28. The summed E-state index contributed by atoms with van der Waals surface area (Å²) < 4.78 is 18.2. The van der Waals surface area contributed by atoms with Crippen LogP contribution in [0.2, 0.25) is 0 Å². The van der Waals surface area contributed by atoms with Crippen LogP contribution in [0.3, 0.4) is 0 Å². The van der Waals surface area contributed by atoms with Crippen molar-refractivity contribution in [2.45, 2.75) is 6.04 Å². The van der Waals surface area contributed by atoms with Crippen LogP contribution >= 0.6 is 11.6 Å². The summed E-state index contributed by atoms with van der Waals surface area (Å²) in [5, 5.41) is 11.5. The standard InChI is InChI=1S/C11H13ClFNO3/c1-17-6-7(5-12)14-11(16)9-3-2-8(15)4-10(9)13/h2-4,7,15H,5-6H2,1H3,(H,14,16). The molecule has 1 amide bonds. The number of amides is 1. The highest BCUT2D eigenvalue weighted by molar-refractivity contribution is 6.18. The molecule has 4 nitrogen and oxygen atoms in total. The third kappa shape index (κ3) is 3.87. The number of nitrogens with one attached hydrogen (secondary N) is 1. The van der Waals surface area contributed by atoms with Crippen molar-refractivity contribution in [1.82, 2.24) is 5.32 Å². The van der Waals surface area contributed by atoms with Crippen LogP contribution in [0.25, 0.3) is 0 Å². The molecule has 0 heterocycles. The molecule has 2 N–H and O–H groups in total. The zero-order valence-electron chi connectivity index (χ0n) is 9.24. The maximum atomic E-state index is 13.4. The second-order valence-electron chi connectivity index (χ2n) is 3.44. The Morgan fingerprint density at radius 3 is 2.88 bits per heavy atom. The van der Waals surface area contributed by atoms with Crippen LogP contribution in [0.1, 0.15) is 10.4 Å². The second kappa shape index (κ2) is 6.42. The number of rotatable bonds is 5. The molecule has 6 heteroatoms. The van der Waals surface area contributed by atoms with Crippen molar-refractivity contribution in [1.29, 1.82) is 0 Å². The Balaban J connectivity index is 2.75. The zero-order chi connectivity index (χ0) is 12.8. The predicted octanol–water partition coefficient (Wildman–Crippen LogP) is 1.51. The van der Waals surface area contributed by atoms with Gasteiger partial charge in [-0.25, -0.2) is 4.39 Å². The molecule has 0 fully saturated rings. The Morgan fingerprint density at radius 1 is 1.65 bits per heavy atom. The zero-order valence-corrected chi connectivity index (χ0v) is 10.00. The third-order valence-electron chi connectivity index (χ3n) is 2.09. The van der Waals surface area contributed by atoms with Gasteiger partial charge >= 0.3 is 0 Å². The maximum Gasteiger partial charge on any atom is 0.254 e. The SMILES string of the molecule is COCC(CCl)NC(=O)c1ccc(O)cc1F. The quantitative estimate of drug-likeness (QED) is 0.790. The maximum absolute atomic E-state index is 13.4. The lowest BCUT2D eigenvalue weighted by Gasteiger charge is -2.15. The Labute approximate surface area is 103 Å². The van der Waals surface area contributed by atoms with E-state index in [9.17, 15) is 9.18 Å². The molecule has 0 radical (unpaired) electrons. The second-order valence-corrected chi connectivity index (χ2v) is 3.75. The Hall–Kier alpha value is -1.33. The van der Waals surface area contributed by atoms with Crippen molar-refractivity contribution < 1.29 is 19.0 Å². The highest BCUT2D eigenvalue weighted by atomic mass is 35.5. The molecule has 0 aliphatic rings. The normalized spacial score (nSPS) is 12.2. The molecule has 1 aromatic carbocycles. The topological polar surface area (TPSA) is 58.6 Å². The number of ether oxygens (including phenoxy) is 1. The van der Waals surface area contributed by atoms with E-state index >= 15 is 0 Å². The summed E-state index contributed by atoms with van der Waals surface area (Å²) >= 11 is 5.61. The van der Waals surface area contributed by atoms with Crippen molar-refractivity contribution in [3.63, 3.8) is 0 Å². The summed E-state index contributed by atoms with van der Waals surface area (Å²) in [5.74, 6) is -1.44. The molecule has 0 aliphatic heterocycles. The first-order valence-electron chi connectivity index (χ1n) is 4.92. The predicted molar refractivity (Wildman–Crippen MR) is 61.9 cm³/mol. The van der Waals surface area contributed by atoms with E-state index in [2.05, 4.69) is 5.32 Å². The first-order valence-corrected chi connectivity index (χ1v) is 5.46. The molecule has 0 bridgehead atoms. The molecule has 17 heavy (non-hydrogen) atoms. The van der Waals surface area contributed by atoms with E-state index in [-0.39, 0.29) is 29.8 Å². The molecule has 0 aliphatic carbocycles. The molecular weight excluding hydrogens is 249 g/mol. The van der Waals surface area contributed by atoms with Gasteiger partial charge in [0.2, 0.25) is 0 Å². The highest BCUT2D eigenvalue weighted by Gasteiger charge is 2.16. The molecular formula is C11H13ClFNO3. The van der Waals surface area contributed by atoms with Crippen molar-refractivity contribution in [3.05, 3.63) is 29.6 Å². The minimum atomic E-state index is -0.784. The van der Waals surface area contributed by atoms with Gasteiger partial charge in [-0.1, -0.05) is 0 Å². The summed E-state index contributed by atoms with van der Waals surface area (Å²) in [4.78, 5) is 11.7. The molecule has 0 saturated heterocycles. The largest absolute Gasteiger partial charge is 0.508 e. The van der Waals surface area contributed by atoms with Crippen molar-refractivity contribution in [2.24, 2.45) is 0 Å². The average molecular weight is 262 g/mol. The van der Waals surface area contributed by atoms with Crippen molar-refractivity contribution in [2.75, 3.05) is 19.6 Å². The van der Waals surface area contributed by atoms with Crippen LogP contribution < -0.4 is 5.32 Å². The van der Waals surface area contributed by atoms with Crippen LogP contribution in [0.5, 0.6) is 5.75 Å². The molecule has 0 saturated carbocycles. The van der Waals surface area contributed by atoms with Gasteiger partial charge in [-0.15, -0.1) is 11.6 Å². The van der Waals surface area contributed by atoms with E-state index in [4.69, 9.17) is 21.4 Å². The number of hydrogen-bond donors (Lipinski definition) is 2. The fraction of sp³-hybridized carbons (Fsp3) is 0.364. The molecule has 0 spiro atoms.